The third-order valence-electron chi connectivity index (χ3n) is 8.44. The highest BCUT2D eigenvalue weighted by Gasteiger charge is 2.44. The molecule has 3 nitrogen and oxygen atoms in total. The first kappa shape index (κ1) is 26.7. The number of aromatic amines is 1. The van der Waals surface area contributed by atoms with Gasteiger partial charge in [-0.05, 0) is 106 Å². The molecule has 2 atom stereocenters. The Balaban J connectivity index is 1.44. The van der Waals surface area contributed by atoms with E-state index >= 15 is 0 Å². The van der Waals surface area contributed by atoms with Crippen molar-refractivity contribution in [3.05, 3.63) is 77.1 Å². The maximum Gasteiger partial charge on any atom is 0.107 e. The first-order chi connectivity index (χ1) is 17.3. The minimum atomic E-state index is 0.301. The maximum absolute atomic E-state index is 4.76. The Hall–Kier alpha value is -2.39. The number of fused-ring (bicyclic) bond motifs is 2. The number of allylic oxidation sites excluding steroid dienone is 1. The molecule has 0 saturated heterocycles. The quantitative estimate of drug-likeness (QED) is 0.262. The average molecular weight is 486 g/mol. The molecule has 0 radical (unpaired) electrons. The molecular weight excluding hydrogens is 438 g/mol. The van der Waals surface area contributed by atoms with Crippen LogP contribution in [0.4, 0.5) is 0 Å². The summed E-state index contributed by atoms with van der Waals surface area (Å²) in [7, 11) is 2.30. The fraction of sp³-hybridized carbons (Fsp3) is 0.545. The zero-order chi connectivity index (χ0) is 25.7. The predicted octanol–water partition coefficient (Wildman–Crippen LogP) is 8.24. The zero-order valence-corrected chi connectivity index (χ0v) is 23.4. The van der Waals surface area contributed by atoms with Crippen LogP contribution in [0.1, 0.15) is 87.7 Å². The molecular formula is C33H47N3. The number of para-hydroxylation sites is 2. The van der Waals surface area contributed by atoms with Gasteiger partial charge in [-0.1, -0.05) is 75.2 Å². The number of hydrogen-bond donors (Lipinski definition) is 1. The molecule has 0 spiro atoms. The van der Waals surface area contributed by atoms with Gasteiger partial charge in [-0.3, -0.25) is 0 Å². The van der Waals surface area contributed by atoms with Crippen molar-refractivity contribution >= 4 is 11.0 Å². The molecule has 1 heterocycles. The summed E-state index contributed by atoms with van der Waals surface area (Å²) in [6.07, 6.45) is 9.37. The molecule has 0 aliphatic heterocycles. The Bertz CT molecular complexity index is 1120. The Kier molecular flexibility index (Phi) is 8.72. The van der Waals surface area contributed by atoms with Crippen molar-refractivity contribution in [2.24, 2.45) is 11.3 Å². The van der Waals surface area contributed by atoms with Crippen LogP contribution in [-0.2, 0) is 12.8 Å². The van der Waals surface area contributed by atoms with Crippen molar-refractivity contribution in [1.29, 1.82) is 0 Å². The number of aromatic nitrogens is 2. The summed E-state index contributed by atoms with van der Waals surface area (Å²) in [4.78, 5) is 10.8. The first-order valence-corrected chi connectivity index (χ1v) is 14.2. The molecule has 194 valence electrons. The normalized spacial score (nSPS) is 19.8. The van der Waals surface area contributed by atoms with Gasteiger partial charge in [0.2, 0.25) is 0 Å². The van der Waals surface area contributed by atoms with E-state index in [1.807, 2.05) is 0 Å². The molecule has 1 unspecified atom stereocenters. The molecule has 1 aromatic heterocycles. The van der Waals surface area contributed by atoms with Crippen LogP contribution in [0.5, 0.6) is 0 Å². The second-order valence-electron chi connectivity index (χ2n) is 11.8. The second-order valence-corrected chi connectivity index (χ2v) is 11.8. The van der Waals surface area contributed by atoms with E-state index in [0.29, 0.717) is 17.3 Å². The highest BCUT2D eigenvalue weighted by molar-refractivity contribution is 5.74. The van der Waals surface area contributed by atoms with E-state index in [2.05, 4.69) is 93.7 Å². The van der Waals surface area contributed by atoms with E-state index in [4.69, 9.17) is 4.98 Å². The van der Waals surface area contributed by atoms with E-state index in [1.54, 1.807) is 11.1 Å². The van der Waals surface area contributed by atoms with Crippen molar-refractivity contribution in [1.82, 2.24) is 14.9 Å². The van der Waals surface area contributed by atoms with E-state index in [1.165, 1.54) is 43.2 Å². The summed E-state index contributed by atoms with van der Waals surface area (Å²) in [5.41, 5.74) is 8.55. The lowest BCUT2D eigenvalue weighted by molar-refractivity contribution is 0.114. The topological polar surface area (TPSA) is 31.9 Å². The van der Waals surface area contributed by atoms with Gasteiger partial charge in [-0.25, -0.2) is 4.98 Å². The van der Waals surface area contributed by atoms with Crippen LogP contribution in [0.15, 0.2) is 54.6 Å². The molecule has 4 rings (SSSR count). The molecule has 3 heteroatoms. The van der Waals surface area contributed by atoms with Crippen molar-refractivity contribution in [2.75, 3.05) is 20.1 Å². The van der Waals surface area contributed by atoms with Gasteiger partial charge < -0.3 is 9.88 Å². The van der Waals surface area contributed by atoms with Gasteiger partial charge in [-0.15, -0.1) is 0 Å². The predicted molar refractivity (Wildman–Crippen MR) is 155 cm³/mol. The number of nitrogens with zero attached hydrogens (tertiary/aromatic N) is 2. The second kappa shape index (κ2) is 11.8. The summed E-state index contributed by atoms with van der Waals surface area (Å²) < 4.78 is 0. The third kappa shape index (κ3) is 6.11. The summed E-state index contributed by atoms with van der Waals surface area (Å²) in [6.45, 7) is 16.2. The largest absolute Gasteiger partial charge is 0.342 e. The lowest BCUT2D eigenvalue weighted by Crippen LogP contribution is -2.40. The third-order valence-corrected chi connectivity index (χ3v) is 8.44. The summed E-state index contributed by atoms with van der Waals surface area (Å²) >= 11 is 0. The van der Waals surface area contributed by atoms with Crippen LogP contribution in [0, 0.1) is 18.3 Å². The Labute approximate surface area is 219 Å². The maximum atomic E-state index is 4.76. The molecule has 2 aromatic carbocycles. The van der Waals surface area contributed by atoms with Gasteiger partial charge in [0.25, 0.3) is 0 Å². The number of rotatable bonds is 12. The van der Waals surface area contributed by atoms with Crippen LogP contribution in [0.3, 0.4) is 0 Å². The Morgan fingerprint density at radius 1 is 1.19 bits per heavy atom. The molecule has 0 bridgehead atoms. The van der Waals surface area contributed by atoms with Crippen LogP contribution in [0.2, 0.25) is 0 Å². The van der Waals surface area contributed by atoms with Crippen LogP contribution in [-0.4, -0.2) is 35.0 Å². The lowest BCUT2D eigenvalue weighted by atomic mass is 9.56. The molecule has 0 amide bonds. The highest BCUT2D eigenvalue weighted by atomic mass is 15.1. The molecule has 1 aliphatic carbocycles. The fourth-order valence-electron chi connectivity index (χ4n) is 6.86. The van der Waals surface area contributed by atoms with Gasteiger partial charge >= 0.3 is 0 Å². The molecule has 3 aromatic rings. The number of nitrogens with one attached hydrogen (secondary N) is 1. The molecule has 36 heavy (non-hydrogen) atoms. The lowest BCUT2D eigenvalue weighted by Gasteiger charge is -2.49. The summed E-state index contributed by atoms with van der Waals surface area (Å²) in [6, 6.07) is 15.5. The van der Waals surface area contributed by atoms with Crippen LogP contribution in [0.25, 0.3) is 11.0 Å². The van der Waals surface area contributed by atoms with Crippen molar-refractivity contribution < 1.29 is 0 Å². The molecule has 0 fully saturated rings. The Morgan fingerprint density at radius 2 is 2.00 bits per heavy atom. The number of imidazole rings is 1. The van der Waals surface area contributed by atoms with E-state index in [-0.39, 0.29) is 0 Å². The van der Waals surface area contributed by atoms with Crippen molar-refractivity contribution in [2.45, 2.75) is 85.0 Å². The highest BCUT2D eigenvalue weighted by Crippen LogP contribution is 2.55. The molecule has 0 saturated carbocycles. The zero-order valence-electron chi connectivity index (χ0n) is 23.4. The van der Waals surface area contributed by atoms with Gasteiger partial charge in [0.15, 0.2) is 0 Å². The van der Waals surface area contributed by atoms with Gasteiger partial charge in [0.05, 0.1) is 11.0 Å². The van der Waals surface area contributed by atoms with Gasteiger partial charge in [0, 0.05) is 6.42 Å². The summed E-state index contributed by atoms with van der Waals surface area (Å²) in [5, 5.41) is 0. The van der Waals surface area contributed by atoms with Crippen LogP contribution < -0.4 is 0 Å². The van der Waals surface area contributed by atoms with Gasteiger partial charge in [0.1, 0.15) is 5.82 Å². The average Bonchev–Trinajstić information content (AvgIpc) is 3.25. The smallest absolute Gasteiger partial charge is 0.107 e. The minimum Gasteiger partial charge on any atom is -0.342 e. The number of hydrogen-bond acceptors (Lipinski definition) is 2. The van der Waals surface area contributed by atoms with Crippen molar-refractivity contribution in [3.8, 4) is 0 Å². The molecule has 1 N–H and O–H groups in total. The monoisotopic (exact) mass is 485 g/mol. The first-order valence-electron chi connectivity index (χ1n) is 14.2. The minimum absolute atomic E-state index is 0.301. The van der Waals surface area contributed by atoms with Gasteiger partial charge in [-0.2, -0.15) is 0 Å². The van der Waals surface area contributed by atoms with Crippen LogP contribution >= 0.6 is 0 Å². The van der Waals surface area contributed by atoms with E-state index in [9.17, 15) is 0 Å². The standard InChI is InChI=1S/C33H47N3/c1-7-11-26(5)23-33(18-17-27-22-25(4)15-16-28(27)32(33)24(2)3)19-21-36(6)20-10-14-31-34-29-12-8-9-13-30(29)35-31/h8-9,12-13,15-16,22,24,32H,5,7,10-11,14,17-21,23H2,1-4,6H3,(H,34,35)/t32?,33-/m1/s1. The molecule has 1 aliphatic rings. The Morgan fingerprint density at radius 3 is 2.75 bits per heavy atom. The number of benzene rings is 2. The number of H-pyrrole nitrogens is 1. The van der Waals surface area contributed by atoms with Crippen molar-refractivity contribution in [3.63, 3.8) is 0 Å². The van der Waals surface area contributed by atoms with E-state index in [0.717, 1.165) is 49.2 Å². The number of aryl methyl sites for hydroxylation is 3. The SMILES string of the molecule is C=C(CCC)C[C@]1(CCN(C)CCCc2nc3ccccc3[nH]2)CCc2cc(C)ccc2C1C(C)C. The fourth-order valence-corrected chi connectivity index (χ4v) is 6.86. The van der Waals surface area contributed by atoms with E-state index < -0.39 is 0 Å². The summed E-state index contributed by atoms with van der Waals surface area (Å²) in [5.74, 6) is 2.33.